The molecule has 1 aromatic heterocycles. The molecule has 0 bridgehead atoms. The quantitative estimate of drug-likeness (QED) is 0.659. The third-order valence-electron chi connectivity index (χ3n) is 2.72. The maximum Gasteiger partial charge on any atom is 0.344 e. The Bertz CT molecular complexity index is 590. The minimum atomic E-state index is -0.430. The number of benzene rings is 1. The van der Waals surface area contributed by atoms with Gasteiger partial charge in [0.15, 0.2) is 6.61 Å². The number of carbonyl (C=O) groups is 1. The molecule has 6 heteroatoms. The van der Waals surface area contributed by atoms with Crippen LogP contribution in [0.4, 0.5) is 5.69 Å². The molecule has 20 heavy (non-hydrogen) atoms. The number of nitrogens with zero attached hydrogens (tertiary/aromatic N) is 2. The average Bonchev–Trinajstić information content (AvgIpc) is 2.74. The Morgan fingerprint density at radius 2 is 2.05 bits per heavy atom. The van der Waals surface area contributed by atoms with Gasteiger partial charge in [0, 0.05) is 12.7 Å². The Kier molecular flexibility index (Phi) is 4.24. The van der Waals surface area contributed by atoms with Gasteiger partial charge in [-0.1, -0.05) is 0 Å². The molecule has 6 nitrogen and oxygen atoms in total. The van der Waals surface area contributed by atoms with Crippen molar-refractivity contribution < 1.29 is 14.3 Å². The maximum atomic E-state index is 11.6. The molecule has 0 fully saturated rings. The number of ether oxygens (including phenoxy) is 2. The van der Waals surface area contributed by atoms with E-state index in [2.05, 4.69) is 5.10 Å². The van der Waals surface area contributed by atoms with Crippen molar-refractivity contribution in [1.82, 2.24) is 9.78 Å². The van der Waals surface area contributed by atoms with Gasteiger partial charge in [-0.2, -0.15) is 5.10 Å². The molecule has 0 unspecified atom stereocenters. The van der Waals surface area contributed by atoms with E-state index in [-0.39, 0.29) is 13.2 Å². The summed E-state index contributed by atoms with van der Waals surface area (Å²) >= 11 is 0. The van der Waals surface area contributed by atoms with Crippen LogP contribution in [0.15, 0.2) is 30.3 Å². The lowest BCUT2D eigenvalue weighted by atomic mass is 10.3. The summed E-state index contributed by atoms with van der Waals surface area (Å²) in [6.07, 6.45) is 0. The fraction of sp³-hybridized carbons (Fsp3) is 0.286. The Balaban J connectivity index is 1.78. The van der Waals surface area contributed by atoms with Gasteiger partial charge >= 0.3 is 5.97 Å². The molecule has 0 saturated carbocycles. The van der Waals surface area contributed by atoms with Crippen molar-refractivity contribution in [2.75, 3.05) is 12.3 Å². The molecular weight excluding hydrogens is 258 g/mol. The van der Waals surface area contributed by atoms with Crippen LogP contribution < -0.4 is 10.5 Å². The lowest BCUT2D eigenvalue weighted by Gasteiger charge is -2.07. The molecule has 0 saturated heterocycles. The zero-order valence-corrected chi connectivity index (χ0v) is 11.5. The number of nitrogens with two attached hydrogens (primary N) is 1. The number of hydrogen-bond acceptors (Lipinski definition) is 5. The summed E-state index contributed by atoms with van der Waals surface area (Å²) in [5.74, 6) is 0.146. The topological polar surface area (TPSA) is 79.4 Å². The van der Waals surface area contributed by atoms with Crippen LogP contribution in [0.25, 0.3) is 0 Å². The Hall–Kier alpha value is -2.50. The van der Waals surface area contributed by atoms with Gasteiger partial charge in [0.05, 0.1) is 11.4 Å². The number of rotatable bonds is 5. The Morgan fingerprint density at radius 3 is 2.65 bits per heavy atom. The highest BCUT2D eigenvalue weighted by atomic mass is 16.6. The van der Waals surface area contributed by atoms with Gasteiger partial charge in [-0.05, 0) is 37.3 Å². The second kappa shape index (κ2) is 6.10. The van der Waals surface area contributed by atoms with Gasteiger partial charge in [0.2, 0.25) is 0 Å². The minimum absolute atomic E-state index is 0.138. The molecule has 1 heterocycles. The first-order valence-corrected chi connectivity index (χ1v) is 6.18. The number of aromatic nitrogens is 2. The van der Waals surface area contributed by atoms with Crippen molar-refractivity contribution in [2.45, 2.75) is 13.5 Å². The molecule has 0 spiro atoms. The SMILES string of the molecule is Cc1cc(COC(=O)COc2ccc(N)cc2)n(C)n1. The third kappa shape index (κ3) is 3.74. The van der Waals surface area contributed by atoms with Gasteiger partial charge in [-0.3, -0.25) is 4.68 Å². The molecule has 2 N–H and O–H groups in total. The predicted octanol–water partition coefficient (Wildman–Crippen LogP) is 1.43. The Labute approximate surface area is 117 Å². The van der Waals surface area contributed by atoms with Crippen LogP contribution >= 0.6 is 0 Å². The minimum Gasteiger partial charge on any atom is -0.482 e. The van der Waals surface area contributed by atoms with Crippen molar-refractivity contribution in [3.05, 3.63) is 41.7 Å². The van der Waals surface area contributed by atoms with Crippen LogP contribution in [0.3, 0.4) is 0 Å². The smallest absolute Gasteiger partial charge is 0.344 e. The van der Waals surface area contributed by atoms with Crippen LogP contribution in [-0.4, -0.2) is 22.4 Å². The summed E-state index contributed by atoms with van der Waals surface area (Å²) < 4.78 is 12.1. The first kappa shape index (κ1) is 13.9. The Morgan fingerprint density at radius 1 is 1.35 bits per heavy atom. The number of aryl methyl sites for hydroxylation is 2. The number of anilines is 1. The molecule has 106 valence electrons. The average molecular weight is 275 g/mol. The fourth-order valence-electron chi connectivity index (χ4n) is 1.70. The fourth-order valence-corrected chi connectivity index (χ4v) is 1.70. The summed E-state index contributed by atoms with van der Waals surface area (Å²) in [6, 6.07) is 8.69. The molecule has 0 radical (unpaired) electrons. The van der Waals surface area contributed by atoms with Crippen molar-refractivity contribution in [3.8, 4) is 5.75 Å². The van der Waals surface area contributed by atoms with E-state index in [4.69, 9.17) is 15.2 Å². The largest absolute Gasteiger partial charge is 0.482 e. The van der Waals surface area contributed by atoms with Crippen LogP contribution in [0.5, 0.6) is 5.75 Å². The predicted molar refractivity (Wildman–Crippen MR) is 74.1 cm³/mol. The summed E-state index contributed by atoms with van der Waals surface area (Å²) in [5.41, 5.74) is 7.92. The van der Waals surface area contributed by atoms with Crippen molar-refractivity contribution in [3.63, 3.8) is 0 Å². The highest BCUT2D eigenvalue weighted by molar-refractivity contribution is 5.71. The molecular formula is C14H17N3O3. The second-order valence-corrected chi connectivity index (χ2v) is 4.42. The summed E-state index contributed by atoms with van der Waals surface area (Å²) in [5, 5.41) is 4.17. The zero-order chi connectivity index (χ0) is 14.5. The van der Waals surface area contributed by atoms with Crippen LogP contribution in [0, 0.1) is 6.92 Å². The molecule has 0 aliphatic carbocycles. The number of esters is 1. The van der Waals surface area contributed by atoms with Gasteiger partial charge in [0.25, 0.3) is 0 Å². The summed E-state index contributed by atoms with van der Waals surface area (Å²) in [7, 11) is 1.81. The van der Waals surface area contributed by atoms with Crippen molar-refractivity contribution in [2.24, 2.45) is 7.05 Å². The lowest BCUT2D eigenvalue weighted by molar-refractivity contribution is -0.147. The normalized spacial score (nSPS) is 10.3. The van der Waals surface area contributed by atoms with E-state index < -0.39 is 5.97 Å². The van der Waals surface area contributed by atoms with Gasteiger partial charge in [-0.25, -0.2) is 4.79 Å². The van der Waals surface area contributed by atoms with Gasteiger partial charge in [0.1, 0.15) is 12.4 Å². The summed E-state index contributed by atoms with van der Waals surface area (Å²) in [4.78, 5) is 11.6. The molecule has 1 aromatic carbocycles. The lowest BCUT2D eigenvalue weighted by Crippen LogP contribution is -2.15. The first-order valence-electron chi connectivity index (χ1n) is 6.18. The number of hydrogen-bond donors (Lipinski definition) is 1. The molecule has 0 aliphatic heterocycles. The van der Waals surface area contributed by atoms with E-state index in [0.29, 0.717) is 11.4 Å². The zero-order valence-electron chi connectivity index (χ0n) is 11.5. The van der Waals surface area contributed by atoms with Crippen LogP contribution in [-0.2, 0) is 23.2 Å². The number of carbonyl (C=O) groups excluding carboxylic acids is 1. The molecule has 2 rings (SSSR count). The van der Waals surface area contributed by atoms with E-state index >= 15 is 0 Å². The first-order chi connectivity index (χ1) is 9.54. The molecule has 0 amide bonds. The number of nitrogen functional groups attached to an aromatic ring is 1. The standard InChI is InChI=1S/C14H17N3O3/c1-10-7-12(17(2)16-10)8-20-14(18)9-19-13-5-3-11(15)4-6-13/h3-7H,8-9,15H2,1-2H3. The highest BCUT2D eigenvalue weighted by Gasteiger charge is 2.08. The molecule has 0 atom stereocenters. The van der Waals surface area contributed by atoms with Crippen molar-refractivity contribution >= 4 is 11.7 Å². The van der Waals surface area contributed by atoms with Crippen LogP contribution in [0.2, 0.25) is 0 Å². The molecule has 0 aliphatic rings. The van der Waals surface area contributed by atoms with Gasteiger partial charge < -0.3 is 15.2 Å². The second-order valence-electron chi connectivity index (χ2n) is 4.42. The monoisotopic (exact) mass is 275 g/mol. The van der Waals surface area contributed by atoms with Gasteiger partial charge in [-0.15, -0.1) is 0 Å². The van der Waals surface area contributed by atoms with E-state index in [1.165, 1.54) is 0 Å². The van der Waals surface area contributed by atoms with Crippen LogP contribution in [0.1, 0.15) is 11.4 Å². The van der Waals surface area contributed by atoms with E-state index in [1.54, 1.807) is 36.0 Å². The van der Waals surface area contributed by atoms with E-state index in [1.807, 2.05) is 13.0 Å². The van der Waals surface area contributed by atoms with Crippen molar-refractivity contribution in [1.29, 1.82) is 0 Å². The third-order valence-corrected chi connectivity index (χ3v) is 2.72. The maximum absolute atomic E-state index is 11.6. The summed E-state index contributed by atoms with van der Waals surface area (Å²) in [6.45, 7) is 1.93. The van der Waals surface area contributed by atoms with E-state index in [0.717, 1.165) is 11.4 Å². The molecule has 2 aromatic rings. The van der Waals surface area contributed by atoms with E-state index in [9.17, 15) is 4.79 Å². The highest BCUT2D eigenvalue weighted by Crippen LogP contribution is 2.13.